The predicted molar refractivity (Wildman–Crippen MR) is 76.4 cm³/mol. The highest BCUT2D eigenvalue weighted by atomic mass is 35.5. The molecule has 1 aliphatic rings. The maximum Gasteiger partial charge on any atom is 0.241 e. The van der Waals surface area contributed by atoms with E-state index >= 15 is 0 Å². The molecule has 106 valence electrons. The zero-order valence-electron chi connectivity index (χ0n) is 11.1. The van der Waals surface area contributed by atoms with E-state index in [1.807, 2.05) is 0 Å². The summed E-state index contributed by atoms with van der Waals surface area (Å²) in [7, 11) is 3.15. The van der Waals surface area contributed by atoms with Gasteiger partial charge in [-0.2, -0.15) is 0 Å². The average molecular weight is 287 g/mol. The summed E-state index contributed by atoms with van der Waals surface area (Å²) in [5.74, 6) is 1.25. The van der Waals surface area contributed by atoms with Crippen molar-refractivity contribution in [1.29, 1.82) is 0 Å². The molecule has 5 nitrogen and oxygen atoms in total. The maximum atomic E-state index is 11.9. The van der Waals surface area contributed by atoms with Gasteiger partial charge in [-0.05, 0) is 31.5 Å². The van der Waals surface area contributed by atoms with E-state index in [9.17, 15) is 4.79 Å². The molecule has 1 saturated heterocycles. The SMILES string of the molecule is COc1ccc(NC(=O)C2CCCN2)cc1OC.Cl. The number of hydrogen-bond donors (Lipinski definition) is 2. The standard InChI is InChI=1S/C13H18N2O3.ClH/c1-17-11-6-5-9(8-12(11)18-2)15-13(16)10-4-3-7-14-10;/h5-6,8,10,14H,3-4,7H2,1-2H3,(H,15,16);1H. The van der Waals surface area contributed by atoms with Crippen molar-refractivity contribution in [2.24, 2.45) is 0 Å². The lowest BCUT2D eigenvalue weighted by Gasteiger charge is -2.13. The summed E-state index contributed by atoms with van der Waals surface area (Å²) in [5, 5.41) is 6.03. The van der Waals surface area contributed by atoms with Crippen LogP contribution in [0.2, 0.25) is 0 Å². The van der Waals surface area contributed by atoms with Crippen LogP contribution in [0.3, 0.4) is 0 Å². The first-order chi connectivity index (χ1) is 8.74. The van der Waals surface area contributed by atoms with Crippen molar-refractivity contribution >= 4 is 24.0 Å². The quantitative estimate of drug-likeness (QED) is 0.886. The van der Waals surface area contributed by atoms with Gasteiger partial charge in [0.15, 0.2) is 11.5 Å². The lowest BCUT2D eigenvalue weighted by molar-refractivity contribution is -0.117. The number of anilines is 1. The molecule has 1 unspecified atom stereocenters. The number of hydrogen-bond acceptors (Lipinski definition) is 4. The summed E-state index contributed by atoms with van der Waals surface area (Å²) in [6, 6.07) is 5.24. The van der Waals surface area contributed by atoms with Gasteiger partial charge in [-0.3, -0.25) is 4.79 Å². The second-order valence-corrected chi connectivity index (χ2v) is 4.21. The molecule has 1 atom stereocenters. The highest BCUT2D eigenvalue weighted by Gasteiger charge is 2.22. The molecular formula is C13H19ClN2O3. The van der Waals surface area contributed by atoms with Crippen LogP contribution in [0, 0.1) is 0 Å². The van der Waals surface area contributed by atoms with E-state index in [0.717, 1.165) is 19.4 Å². The van der Waals surface area contributed by atoms with E-state index < -0.39 is 0 Å². The summed E-state index contributed by atoms with van der Waals surface area (Å²) in [6.07, 6.45) is 1.93. The van der Waals surface area contributed by atoms with Crippen molar-refractivity contribution in [2.45, 2.75) is 18.9 Å². The normalized spacial score (nSPS) is 17.5. The molecule has 0 aromatic heterocycles. The molecule has 1 heterocycles. The Morgan fingerprint density at radius 2 is 2.05 bits per heavy atom. The molecule has 1 fully saturated rings. The first-order valence-corrected chi connectivity index (χ1v) is 6.01. The van der Waals surface area contributed by atoms with E-state index in [4.69, 9.17) is 9.47 Å². The van der Waals surface area contributed by atoms with Crippen molar-refractivity contribution < 1.29 is 14.3 Å². The minimum Gasteiger partial charge on any atom is -0.493 e. The van der Waals surface area contributed by atoms with Crippen LogP contribution in [0.1, 0.15) is 12.8 Å². The second-order valence-electron chi connectivity index (χ2n) is 4.21. The fourth-order valence-electron chi connectivity index (χ4n) is 2.05. The molecule has 2 N–H and O–H groups in total. The van der Waals surface area contributed by atoms with Crippen LogP contribution in [-0.4, -0.2) is 32.7 Å². The Kier molecular flexibility index (Phi) is 5.92. The number of benzene rings is 1. The van der Waals surface area contributed by atoms with Gasteiger partial charge in [0.1, 0.15) is 0 Å². The van der Waals surface area contributed by atoms with E-state index in [0.29, 0.717) is 17.2 Å². The summed E-state index contributed by atoms with van der Waals surface area (Å²) in [6.45, 7) is 0.907. The summed E-state index contributed by atoms with van der Waals surface area (Å²) in [4.78, 5) is 11.9. The van der Waals surface area contributed by atoms with Crippen LogP contribution in [0.25, 0.3) is 0 Å². The van der Waals surface area contributed by atoms with Crippen molar-refractivity contribution in [3.63, 3.8) is 0 Å². The zero-order chi connectivity index (χ0) is 13.0. The Morgan fingerprint density at radius 1 is 1.32 bits per heavy atom. The van der Waals surface area contributed by atoms with Gasteiger partial charge in [0.05, 0.1) is 20.3 Å². The fourth-order valence-corrected chi connectivity index (χ4v) is 2.05. The zero-order valence-corrected chi connectivity index (χ0v) is 11.9. The molecule has 2 rings (SSSR count). The lowest BCUT2D eigenvalue weighted by atomic mass is 10.2. The molecule has 1 aromatic rings. The molecule has 0 bridgehead atoms. The van der Waals surface area contributed by atoms with Gasteiger partial charge in [0.25, 0.3) is 0 Å². The topological polar surface area (TPSA) is 59.6 Å². The molecule has 0 spiro atoms. The van der Waals surface area contributed by atoms with Crippen molar-refractivity contribution in [3.8, 4) is 11.5 Å². The number of amides is 1. The lowest BCUT2D eigenvalue weighted by Crippen LogP contribution is -2.35. The van der Waals surface area contributed by atoms with Gasteiger partial charge in [-0.25, -0.2) is 0 Å². The van der Waals surface area contributed by atoms with E-state index in [1.54, 1.807) is 32.4 Å². The molecule has 0 aliphatic carbocycles. The fraction of sp³-hybridized carbons (Fsp3) is 0.462. The molecule has 6 heteroatoms. The Hall–Kier alpha value is -1.46. The number of carbonyl (C=O) groups is 1. The van der Waals surface area contributed by atoms with Crippen molar-refractivity contribution in [1.82, 2.24) is 5.32 Å². The highest BCUT2D eigenvalue weighted by Crippen LogP contribution is 2.29. The summed E-state index contributed by atoms with van der Waals surface area (Å²) < 4.78 is 10.3. The van der Waals surface area contributed by atoms with Gasteiger partial charge < -0.3 is 20.1 Å². The van der Waals surface area contributed by atoms with E-state index in [2.05, 4.69) is 10.6 Å². The Balaban J connectivity index is 0.00000180. The Bertz CT molecular complexity index is 434. The van der Waals surface area contributed by atoms with Gasteiger partial charge in [-0.15, -0.1) is 12.4 Å². The Labute approximate surface area is 119 Å². The summed E-state index contributed by atoms with van der Waals surface area (Å²) in [5.41, 5.74) is 0.714. The molecule has 0 radical (unpaired) electrons. The van der Waals surface area contributed by atoms with Gasteiger partial charge in [-0.1, -0.05) is 0 Å². The Morgan fingerprint density at radius 3 is 2.63 bits per heavy atom. The van der Waals surface area contributed by atoms with Gasteiger partial charge in [0.2, 0.25) is 5.91 Å². The first-order valence-electron chi connectivity index (χ1n) is 6.01. The van der Waals surface area contributed by atoms with Crippen LogP contribution in [0.15, 0.2) is 18.2 Å². The number of nitrogens with one attached hydrogen (secondary N) is 2. The van der Waals surface area contributed by atoms with Crippen LogP contribution >= 0.6 is 12.4 Å². The van der Waals surface area contributed by atoms with E-state index in [1.165, 1.54) is 0 Å². The third-order valence-corrected chi connectivity index (χ3v) is 3.03. The number of ether oxygens (including phenoxy) is 2. The van der Waals surface area contributed by atoms with Crippen LogP contribution in [-0.2, 0) is 4.79 Å². The largest absolute Gasteiger partial charge is 0.493 e. The minimum absolute atomic E-state index is 0. The number of halogens is 1. The van der Waals surface area contributed by atoms with E-state index in [-0.39, 0.29) is 24.4 Å². The second kappa shape index (κ2) is 7.21. The molecule has 1 aromatic carbocycles. The number of carbonyl (C=O) groups excluding carboxylic acids is 1. The van der Waals surface area contributed by atoms with Crippen LogP contribution in [0.4, 0.5) is 5.69 Å². The molecular weight excluding hydrogens is 268 g/mol. The smallest absolute Gasteiger partial charge is 0.241 e. The molecule has 19 heavy (non-hydrogen) atoms. The number of methoxy groups -OCH3 is 2. The van der Waals surface area contributed by atoms with Crippen molar-refractivity contribution in [3.05, 3.63) is 18.2 Å². The van der Waals surface area contributed by atoms with Gasteiger partial charge >= 0.3 is 0 Å². The summed E-state index contributed by atoms with van der Waals surface area (Å²) >= 11 is 0. The molecule has 1 amide bonds. The number of rotatable bonds is 4. The average Bonchev–Trinajstić information content (AvgIpc) is 2.92. The predicted octanol–water partition coefficient (Wildman–Crippen LogP) is 1.82. The molecule has 0 saturated carbocycles. The van der Waals surface area contributed by atoms with Gasteiger partial charge in [0, 0.05) is 11.8 Å². The van der Waals surface area contributed by atoms with Crippen molar-refractivity contribution in [2.75, 3.05) is 26.1 Å². The molecule has 1 aliphatic heterocycles. The van der Waals surface area contributed by atoms with Crippen LogP contribution < -0.4 is 20.1 Å². The third-order valence-electron chi connectivity index (χ3n) is 3.03. The highest BCUT2D eigenvalue weighted by molar-refractivity contribution is 5.95. The maximum absolute atomic E-state index is 11.9. The third kappa shape index (κ3) is 3.75. The minimum atomic E-state index is -0.0851. The monoisotopic (exact) mass is 286 g/mol. The van der Waals surface area contributed by atoms with Crippen LogP contribution in [0.5, 0.6) is 11.5 Å². The first kappa shape index (κ1) is 15.6.